The summed E-state index contributed by atoms with van der Waals surface area (Å²) in [7, 11) is -3.79. The van der Waals surface area contributed by atoms with E-state index >= 15 is 0 Å². The smallest absolute Gasteiger partial charge is 0.268 e. The molecule has 0 bridgehead atoms. The van der Waals surface area contributed by atoms with Crippen LogP contribution in [0, 0.1) is 0 Å². The molecule has 0 aliphatic rings. The van der Waals surface area contributed by atoms with Crippen LogP contribution in [0.5, 0.6) is 11.5 Å². The first-order valence-electron chi connectivity index (χ1n) is 5.85. The van der Waals surface area contributed by atoms with Crippen LogP contribution in [0.2, 0.25) is 0 Å². The van der Waals surface area contributed by atoms with Crippen molar-refractivity contribution in [2.75, 3.05) is 5.75 Å². The molecule has 0 atom stereocenters. The highest BCUT2D eigenvalue weighted by molar-refractivity contribution is 7.85. The first-order chi connectivity index (χ1) is 9.51. The largest absolute Gasteiger partial charge is 0.457 e. The Bertz CT molecular complexity index is 569. The highest BCUT2D eigenvalue weighted by Crippen LogP contribution is 2.19. The summed E-state index contributed by atoms with van der Waals surface area (Å²) >= 11 is 0. The minimum atomic E-state index is -3.79. The van der Waals surface area contributed by atoms with Crippen molar-refractivity contribution in [1.82, 2.24) is 0 Å². The number of para-hydroxylation sites is 2. The summed E-state index contributed by atoms with van der Waals surface area (Å²) in [5.74, 6) is 1.37. The van der Waals surface area contributed by atoms with Crippen LogP contribution >= 0.6 is 0 Å². The number of benzene rings is 2. The van der Waals surface area contributed by atoms with Gasteiger partial charge in [-0.25, -0.2) is 0 Å². The maximum absolute atomic E-state index is 9.72. The Morgan fingerprint density at radius 2 is 1.35 bits per heavy atom. The Balaban J connectivity index is 0.000000246. The first kappa shape index (κ1) is 15.9. The second-order valence-corrected chi connectivity index (χ2v) is 5.26. The van der Waals surface area contributed by atoms with E-state index in [0.29, 0.717) is 0 Å². The molecule has 2 aromatic rings. The van der Waals surface area contributed by atoms with E-state index < -0.39 is 10.1 Å². The van der Waals surface area contributed by atoms with Crippen molar-refractivity contribution in [1.29, 1.82) is 0 Å². The van der Waals surface area contributed by atoms with Crippen molar-refractivity contribution in [3.8, 4) is 11.5 Å². The lowest BCUT2D eigenvalue weighted by atomic mass is 10.3. The summed E-state index contributed by atoms with van der Waals surface area (Å²) in [5.41, 5.74) is 0. The highest BCUT2D eigenvalue weighted by Gasteiger charge is 1.96. The molecule has 0 unspecified atom stereocenters. The van der Waals surface area contributed by atoms with Crippen LogP contribution in [0.25, 0.3) is 0 Å². The van der Waals surface area contributed by atoms with Gasteiger partial charge in [0.2, 0.25) is 0 Å². The van der Waals surface area contributed by atoms with Crippen LogP contribution in [0.1, 0.15) is 0 Å². The third-order valence-electron chi connectivity index (χ3n) is 2.05. The molecule has 0 aromatic heterocycles. The van der Waals surface area contributed by atoms with E-state index in [-0.39, 0.29) is 5.75 Å². The van der Waals surface area contributed by atoms with Gasteiger partial charge < -0.3 is 4.74 Å². The summed E-state index contributed by atoms with van der Waals surface area (Å²) in [4.78, 5) is 0. The molecular formula is C15H16O4S. The van der Waals surface area contributed by atoms with E-state index in [9.17, 15) is 8.42 Å². The Hall–Kier alpha value is -2.11. The third-order valence-corrected chi connectivity index (χ3v) is 2.71. The summed E-state index contributed by atoms with van der Waals surface area (Å²) < 4.78 is 32.9. The normalized spacial score (nSPS) is 10.1. The molecule has 20 heavy (non-hydrogen) atoms. The molecule has 1 N–H and O–H groups in total. The lowest BCUT2D eigenvalue weighted by molar-refractivity contribution is 0.482. The SMILES string of the molecule is C=CCS(=O)(=O)O.c1ccc(Oc2ccccc2)cc1. The topological polar surface area (TPSA) is 63.6 Å². The Labute approximate surface area is 119 Å². The Morgan fingerprint density at radius 3 is 1.60 bits per heavy atom. The lowest BCUT2D eigenvalue weighted by Crippen LogP contribution is -1.99. The molecule has 0 fully saturated rings. The second-order valence-electron chi connectivity index (χ2n) is 3.77. The molecule has 0 aliphatic heterocycles. The van der Waals surface area contributed by atoms with E-state index in [4.69, 9.17) is 9.29 Å². The number of hydrogen-bond acceptors (Lipinski definition) is 3. The van der Waals surface area contributed by atoms with Gasteiger partial charge in [-0.05, 0) is 24.3 Å². The van der Waals surface area contributed by atoms with Crippen LogP contribution in [-0.4, -0.2) is 18.7 Å². The maximum Gasteiger partial charge on any atom is 0.268 e. The van der Waals surface area contributed by atoms with E-state index in [1.165, 1.54) is 0 Å². The van der Waals surface area contributed by atoms with Gasteiger partial charge >= 0.3 is 0 Å². The summed E-state index contributed by atoms with van der Waals surface area (Å²) in [6.45, 7) is 3.11. The zero-order valence-corrected chi connectivity index (χ0v) is 11.7. The van der Waals surface area contributed by atoms with Crippen LogP contribution in [0.4, 0.5) is 0 Å². The fourth-order valence-corrected chi connectivity index (χ4v) is 1.56. The molecule has 5 heteroatoms. The van der Waals surface area contributed by atoms with Crippen LogP contribution < -0.4 is 4.74 Å². The quantitative estimate of drug-likeness (QED) is 0.691. The molecule has 0 saturated heterocycles. The average molecular weight is 292 g/mol. The molecule has 2 aromatic carbocycles. The maximum atomic E-state index is 9.72. The fraction of sp³-hybridized carbons (Fsp3) is 0.0667. The van der Waals surface area contributed by atoms with E-state index in [0.717, 1.165) is 17.6 Å². The highest BCUT2D eigenvalue weighted by atomic mass is 32.2. The average Bonchev–Trinajstić information content (AvgIpc) is 2.40. The Kier molecular flexibility index (Phi) is 6.49. The van der Waals surface area contributed by atoms with E-state index in [1.807, 2.05) is 60.7 Å². The molecule has 0 spiro atoms. The van der Waals surface area contributed by atoms with Gasteiger partial charge in [-0.2, -0.15) is 8.42 Å². The summed E-state index contributed by atoms with van der Waals surface area (Å²) in [6, 6.07) is 19.5. The predicted octanol–water partition coefficient (Wildman–Crippen LogP) is 3.54. The standard InChI is InChI=1S/C12H10O.C3H6O3S/c1-3-7-11(8-4-1)13-12-9-5-2-6-10-12;1-2-3-7(4,5)6/h1-10H;2H,1,3H2,(H,4,5,6). The van der Waals surface area contributed by atoms with Gasteiger partial charge in [0.1, 0.15) is 11.5 Å². The van der Waals surface area contributed by atoms with Gasteiger partial charge in [0.25, 0.3) is 10.1 Å². The molecule has 0 saturated carbocycles. The number of rotatable bonds is 4. The van der Waals surface area contributed by atoms with Gasteiger partial charge in [0.05, 0.1) is 5.75 Å². The summed E-state index contributed by atoms with van der Waals surface area (Å²) in [5, 5.41) is 0. The molecule has 106 valence electrons. The molecular weight excluding hydrogens is 276 g/mol. The molecule has 0 amide bonds. The van der Waals surface area contributed by atoms with Crippen molar-refractivity contribution < 1.29 is 17.7 Å². The zero-order valence-electron chi connectivity index (χ0n) is 10.8. The summed E-state index contributed by atoms with van der Waals surface area (Å²) in [6.07, 6.45) is 1.12. The second kappa shape index (κ2) is 8.14. The van der Waals surface area contributed by atoms with E-state index in [1.54, 1.807) is 0 Å². The van der Waals surface area contributed by atoms with Gasteiger partial charge in [-0.3, -0.25) is 4.55 Å². The van der Waals surface area contributed by atoms with Crippen molar-refractivity contribution in [3.05, 3.63) is 73.3 Å². The van der Waals surface area contributed by atoms with Gasteiger partial charge in [-0.1, -0.05) is 42.5 Å². The zero-order chi connectivity index (χ0) is 14.8. The number of hydrogen-bond donors (Lipinski definition) is 1. The van der Waals surface area contributed by atoms with E-state index in [2.05, 4.69) is 6.58 Å². The monoisotopic (exact) mass is 292 g/mol. The molecule has 4 nitrogen and oxygen atoms in total. The predicted molar refractivity (Wildman–Crippen MR) is 79.6 cm³/mol. The number of ether oxygens (including phenoxy) is 1. The first-order valence-corrected chi connectivity index (χ1v) is 7.46. The van der Waals surface area contributed by atoms with Gasteiger partial charge in [0, 0.05) is 0 Å². The van der Waals surface area contributed by atoms with Crippen molar-refractivity contribution in [2.24, 2.45) is 0 Å². The van der Waals surface area contributed by atoms with Crippen molar-refractivity contribution in [3.63, 3.8) is 0 Å². The molecule has 0 heterocycles. The van der Waals surface area contributed by atoms with Crippen molar-refractivity contribution >= 4 is 10.1 Å². The van der Waals surface area contributed by atoms with Gasteiger partial charge in [0.15, 0.2) is 0 Å². The third kappa shape index (κ3) is 7.35. The Morgan fingerprint density at radius 1 is 0.950 bits per heavy atom. The van der Waals surface area contributed by atoms with Gasteiger partial charge in [-0.15, -0.1) is 6.58 Å². The fourth-order valence-electron chi connectivity index (χ4n) is 1.26. The lowest BCUT2D eigenvalue weighted by Gasteiger charge is -2.03. The van der Waals surface area contributed by atoms with Crippen LogP contribution in [-0.2, 0) is 10.1 Å². The van der Waals surface area contributed by atoms with Crippen LogP contribution in [0.15, 0.2) is 73.3 Å². The van der Waals surface area contributed by atoms with Crippen LogP contribution in [0.3, 0.4) is 0 Å². The minimum Gasteiger partial charge on any atom is -0.457 e. The molecule has 0 radical (unpaired) electrons. The van der Waals surface area contributed by atoms with Crippen molar-refractivity contribution in [2.45, 2.75) is 0 Å². The minimum absolute atomic E-state index is 0.368. The molecule has 0 aliphatic carbocycles. The molecule has 2 rings (SSSR count).